The van der Waals surface area contributed by atoms with E-state index in [1.54, 1.807) is 31.2 Å². The minimum absolute atomic E-state index is 0.0977. The predicted octanol–water partition coefficient (Wildman–Crippen LogP) is 2.63. The van der Waals surface area contributed by atoms with E-state index in [4.69, 9.17) is 4.74 Å². The van der Waals surface area contributed by atoms with Gasteiger partial charge in [-0.3, -0.25) is 9.59 Å². The molecular formula is C19H18FN5O3. The van der Waals surface area contributed by atoms with Crippen LogP contribution in [0.4, 0.5) is 15.8 Å². The molecule has 0 saturated carbocycles. The highest BCUT2D eigenvalue weighted by molar-refractivity contribution is 6.04. The standard InChI is InChI=1S/C19H18FN5O3/c1-12-18(19(27)22-15-5-3-4-6-16(15)28-2)23-24-25(12)11-17(26)21-14-9-7-13(20)8-10-14/h3-10H,11H2,1-2H3,(H,21,26)(H,22,27). The fourth-order valence-corrected chi connectivity index (χ4v) is 2.52. The van der Waals surface area contributed by atoms with Gasteiger partial charge in [-0.2, -0.15) is 0 Å². The fourth-order valence-electron chi connectivity index (χ4n) is 2.52. The third kappa shape index (κ3) is 4.32. The summed E-state index contributed by atoms with van der Waals surface area (Å²) in [6.07, 6.45) is 0. The van der Waals surface area contributed by atoms with Gasteiger partial charge in [0, 0.05) is 5.69 Å². The first kappa shape index (κ1) is 19.0. The van der Waals surface area contributed by atoms with Gasteiger partial charge in [-0.05, 0) is 43.3 Å². The Morgan fingerprint density at radius 3 is 2.54 bits per heavy atom. The molecule has 28 heavy (non-hydrogen) atoms. The summed E-state index contributed by atoms with van der Waals surface area (Å²) in [6, 6.07) is 12.4. The first-order valence-corrected chi connectivity index (χ1v) is 8.38. The zero-order valence-corrected chi connectivity index (χ0v) is 15.3. The van der Waals surface area contributed by atoms with Crippen LogP contribution in [0.1, 0.15) is 16.2 Å². The van der Waals surface area contributed by atoms with E-state index in [1.807, 2.05) is 0 Å². The lowest BCUT2D eigenvalue weighted by Crippen LogP contribution is -2.21. The third-order valence-corrected chi connectivity index (χ3v) is 3.97. The molecule has 0 spiro atoms. The van der Waals surface area contributed by atoms with Crippen LogP contribution in [-0.4, -0.2) is 33.9 Å². The molecular weight excluding hydrogens is 365 g/mol. The highest BCUT2D eigenvalue weighted by Crippen LogP contribution is 2.23. The normalized spacial score (nSPS) is 10.4. The van der Waals surface area contributed by atoms with Crippen molar-refractivity contribution in [3.05, 3.63) is 65.7 Å². The fraction of sp³-hybridized carbons (Fsp3) is 0.158. The maximum absolute atomic E-state index is 12.9. The average molecular weight is 383 g/mol. The van der Waals surface area contributed by atoms with Gasteiger partial charge in [-0.25, -0.2) is 9.07 Å². The van der Waals surface area contributed by atoms with Gasteiger partial charge in [-0.1, -0.05) is 17.3 Å². The van der Waals surface area contributed by atoms with Gasteiger partial charge in [0.05, 0.1) is 18.5 Å². The van der Waals surface area contributed by atoms with Crippen molar-refractivity contribution >= 4 is 23.2 Å². The van der Waals surface area contributed by atoms with Crippen LogP contribution >= 0.6 is 0 Å². The van der Waals surface area contributed by atoms with Crippen LogP contribution in [0, 0.1) is 12.7 Å². The molecule has 144 valence electrons. The molecule has 0 unspecified atom stereocenters. The van der Waals surface area contributed by atoms with E-state index < -0.39 is 11.7 Å². The summed E-state index contributed by atoms with van der Waals surface area (Å²) in [5, 5.41) is 13.1. The number of nitrogens with zero attached hydrogens (tertiary/aromatic N) is 3. The molecule has 2 aromatic carbocycles. The Balaban J connectivity index is 1.68. The molecule has 0 aliphatic rings. The summed E-state index contributed by atoms with van der Waals surface area (Å²) in [7, 11) is 1.51. The number of aromatic nitrogens is 3. The van der Waals surface area contributed by atoms with Gasteiger partial charge < -0.3 is 15.4 Å². The zero-order valence-electron chi connectivity index (χ0n) is 15.3. The number of anilines is 2. The topological polar surface area (TPSA) is 98.1 Å². The largest absolute Gasteiger partial charge is 0.495 e. The van der Waals surface area contributed by atoms with Crippen LogP contribution < -0.4 is 15.4 Å². The van der Waals surface area contributed by atoms with E-state index in [1.165, 1.54) is 36.1 Å². The van der Waals surface area contributed by atoms with E-state index in [2.05, 4.69) is 20.9 Å². The van der Waals surface area contributed by atoms with Crippen molar-refractivity contribution in [3.63, 3.8) is 0 Å². The Kier molecular flexibility index (Phi) is 5.64. The molecule has 0 radical (unpaired) electrons. The lowest BCUT2D eigenvalue weighted by Gasteiger charge is -2.09. The summed E-state index contributed by atoms with van der Waals surface area (Å²) in [5.74, 6) is -0.723. The monoisotopic (exact) mass is 383 g/mol. The van der Waals surface area contributed by atoms with E-state index >= 15 is 0 Å². The number of amides is 2. The van der Waals surface area contributed by atoms with Gasteiger partial charge >= 0.3 is 0 Å². The maximum atomic E-state index is 12.9. The number of ether oxygens (including phenoxy) is 1. The number of rotatable bonds is 6. The van der Waals surface area contributed by atoms with E-state index in [0.717, 1.165) is 0 Å². The molecule has 8 nitrogen and oxygen atoms in total. The molecule has 1 aromatic heterocycles. The summed E-state index contributed by atoms with van der Waals surface area (Å²) in [4.78, 5) is 24.7. The number of para-hydroxylation sites is 2. The number of halogens is 1. The van der Waals surface area contributed by atoms with Gasteiger partial charge in [-0.15, -0.1) is 5.10 Å². The summed E-state index contributed by atoms with van der Waals surface area (Å²) in [5.41, 5.74) is 1.48. The number of carbonyl (C=O) groups is 2. The van der Waals surface area contributed by atoms with Crippen LogP contribution in [0.5, 0.6) is 5.75 Å². The number of methoxy groups -OCH3 is 1. The van der Waals surface area contributed by atoms with Gasteiger partial charge in [0.2, 0.25) is 5.91 Å². The maximum Gasteiger partial charge on any atom is 0.278 e. The lowest BCUT2D eigenvalue weighted by molar-refractivity contribution is -0.117. The summed E-state index contributed by atoms with van der Waals surface area (Å²) >= 11 is 0. The van der Waals surface area contributed by atoms with Crippen molar-refractivity contribution in [1.82, 2.24) is 15.0 Å². The van der Waals surface area contributed by atoms with Crippen LogP contribution in [0.15, 0.2) is 48.5 Å². The second kappa shape index (κ2) is 8.30. The number of carbonyl (C=O) groups excluding carboxylic acids is 2. The minimum Gasteiger partial charge on any atom is -0.495 e. The molecule has 3 aromatic rings. The zero-order chi connectivity index (χ0) is 20.1. The molecule has 3 rings (SSSR count). The average Bonchev–Trinajstić information content (AvgIpc) is 3.04. The van der Waals surface area contributed by atoms with Gasteiger partial charge in [0.15, 0.2) is 5.69 Å². The van der Waals surface area contributed by atoms with Crippen molar-refractivity contribution < 1.29 is 18.7 Å². The molecule has 0 bridgehead atoms. The SMILES string of the molecule is COc1ccccc1NC(=O)c1nnn(CC(=O)Nc2ccc(F)cc2)c1C. The quantitative estimate of drug-likeness (QED) is 0.682. The predicted molar refractivity (Wildman–Crippen MR) is 101 cm³/mol. The Bertz CT molecular complexity index is 1000. The van der Waals surface area contributed by atoms with Crippen molar-refractivity contribution in [2.24, 2.45) is 0 Å². The van der Waals surface area contributed by atoms with Crippen LogP contribution in [0.3, 0.4) is 0 Å². The van der Waals surface area contributed by atoms with E-state index in [9.17, 15) is 14.0 Å². The Labute approximate surface area is 160 Å². The minimum atomic E-state index is -0.466. The number of hydrogen-bond acceptors (Lipinski definition) is 5. The number of hydrogen-bond donors (Lipinski definition) is 2. The first-order chi connectivity index (χ1) is 13.5. The van der Waals surface area contributed by atoms with Gasteiger partial charge in [0.25, 0.3) is 5.91 Å². The molecule has 0 saturated heterocycles. The summed E-state index contributed by atoms with van der Waals surface area (Å²) in [6.45, 7) is 1.50. The third-order valence-electron chi connectivity index (χ3n) is 3.97. The molecule has 2 amide bonds. The van der Waals surface area contributed by atoms with Crippen molar-refractivity contribution in [2.75, 3.05) is 17.7 Å². The second-order valence-electron chi connectivity index (χ2n) is 5.89. The van der Waals surface area contributed by atoms with Crippen LogP contribution in [-0.2, 0) is 11.3 Å². The second-order valence-corrected chi connectivity index (χ2v) is 5.89. The Hall–Kier alpha value is -3.75. The van der Waals surface area contributed by atoms with Crippen molar-refractivity contribution in [3.8, 4) is 5.75 Å². The highest BCUT2D eigenvalue weighted by Gasteiger charge is 2.19. The molecule has 0 aliphatic heterocycles. The lowest BCUT2D eigenvalue weighted by atomic mass is 10.2. The van der Waals surface area contributed by atoms with Crippen molar-refractivity contribution in [1.29, 1.82) is 0 Å². The molecule has 0 fully saturated rings. The molecule has 1 heterocycles. The summed E-state index contributed by atoms with van der Waals surface area (Å²) < 4.78 is 19.4. The smallest absolute Gasteiger partial charge is 0.278 e. The molecule has 9 heteroatoms. The van der Waals surface area contributed by atoms with Gasteiger partial charge in [0.1, 0.15) is 18.1 Å². The number of nitrogens with one attached hydrogen (secondary N) is 2. The highest BCUT2D eigenvalue weighted by atomic mass is 19.1. The van der Waals surface area contributed by atoms with Crippen molar-refractivity contribution in [2.45, 2.75) is 13.5 Å². The first-order valence-electron chi connectivity index (χ1n) is 8.38. The molecule has 0 atom stereocenters. The molecule has 2 N–H and O–H groups in total. The van der Waals surface area contributed by atoms with Crippen LogP contribution in [0.25, 0.3) is 0 Å². The Morgan fingerprint density at radius 1 is 1.11 bits per heavy atom. The number of benzene rings is 2. The Morgan fingerprint density at radius 2 is 1.82 bits per heavy atom. The van der Waals surface area contributed by atoms with E-state index in [0.29, 0.717) is 22.8 Å². The van der Waals surface area contributed by atoms with E-state index in [-0.39, 0.29) is 18.1 Å². The van der Waals surface area contributed by atoms with Crippen LogP contribution in [0.2, 0.25) is 0 Å². The molecule has 0 aliphatic carbocycles.